The van der Waals surface area contributed by atoms with Gasteiger partial charge in [-0.1, -0.05) is 64.3 Å². The Balaban J connectivity index is 2.09. The van der Waals surface area contributed by atoms with E-state index in [1.807, 2.05) is 0 Å². The molecule has 1 aliphatic rings. The first-order valence-electron chi connectivity index (χ1n) is 14.3. The Morgan fingerprint density at radius 3 is 2.63 bits per heavy atom. The highest BCUT2D eigenvalue weighted by Crippen LogP contribution is 2.16. The number of hydrogen-bond acceptors (Lipinski definition) is 9. The number of rotatable bonds is 11. The number of allylic oxidation sites excluding steroid dienone is 1. The molecule has 0 aliphatic carbocycles. The average molecular weight is 609 g/mol. The lowest BCUT2D eigenvalue weighted by Crippen LogP contribution is -2.59. The standard InChI is InChI=1S/C29H44N4O6S2/c1-6-7-8-9-10-14-24(35)40-15-12-11-13-20-16-22(34)30-17-23-31-21(18-41-23)26(36)33-29(4,5)28(38)32-25(19(2)3)27(37)39-20/h11,13,18-20,25H,6-10,12,14-17H2,1-5H3,(H,30,34)(H,32,38)(H,33,36)/b13-11+/t20-,25+/m1/s1. The van der Waals surface area contributed by atoms with Gasteiger partial charge in [-0.15, -0.1) is 11.3 Å². The van der Waals surface area contributed by atoms with Gasteiger partial charge >= 0.3 is 5.97 Å². The topological polar surface area (TPSA) is 144 Å². The molecule has 2 atom stereocenters. The molecule has 0 fully saturated rings. The van der Waals surface area contributed by atoms with Crippen LogP contribution in [0.25, 0.3) is 0 Å². The summed E-state index contributed by atoms with van der Waals surface area (Å²) in [5.41, 5.74) is -1.19. The summed E-state index contributed by atoms with van der Waals surface area (Å²) in [5, 5.41) is 10.4. The first-order valence-corrected chi connectivity index (χ1v) is 16.2. The summed E-state index contributed by atoms with van der Waals surface area (Å²) in [6, 6.07) is -0.998. The predicted molar refractivity (Wildman–Crippen MR) is 161 cm³/mol. The molecule has 2 rings (SSSR count). The molecule has 2 bridgehead atoms. The molecule has 10 nitrogen and oxygen atoms in total. The molecule has 3 N–H and O–H groups in total. The third-order valence-electron chi connectivity index (χ3n) is 6.46. The highest BCUT2D eigenvalue weighted by atomic mass is 32.2. The fourth-order valence-electron chi connectivity index (χ4n) is 3.95. The minimum Gasteiger partial charge on any atom is -0.456 e. The lowest BCUT2D eigenvalue weighted by atomic mass is 9.99. The largest absolute Gasteiger partial charge is 0.456 e. The molecule has 1 aromatic rings. The molecular formula is C29H44N4O6S2. The number of hydrogen-bond donors (Lipinski definition) is 3. The number of nitrogens with zero attached hydrogens (tertiary/aromatic N) is 1. The van der Waals surface area contributed by atoms with E-state index in [9.17, 15) is 24.0 Å². The van der Waals surface area contributed by atoms with Crippen LogP contribution in [-0.4, -0.2) is 57.2 Å². The van der Waals surface area contributed by atoms with Crippen molar-refractivity contribution < 1.29 is 28.7 Å². The number of amides is 3. The van der Waals surface area contributed by atoms with Crippen LogP contribution in [0.5, 0.6) is 0 Å². The van der Waals surface area contributed by atoms with Gasteiger partial charge in [-0.2, -0.15) is 0 Å². The average Bonchev–Trinajstić information content (AvgIpc) is 3.38. The van der Waals surface area contributed by atoms with Crippen molar-refractivity contribution in [2.45, 2.75) is 110 Å². The SMILES string of the molecule is CCCCCCCC(=O)SCC/C=C/[C@@H]1CC(=O)NCc2nc(cs2)C(=O)NC(C)(C)C(=O)N[C@@H](C(C)C)C(=O)O1. The van der Waals surface area contributed by atoms with E-state index in [-0.39, 0.29) is 35.6 Å². The molecule has 12 heteroatoms. The van der Waals surface area contributed by atoms with Gasteiger partial charge in [-0.3, -0.25) is 19.2 Å². The Labute approximate surface area is 251 Å². The molecule has 0 unspecified atom stereocenters. The molecule has 1 aromatic heterocycles. The third-order valence-corrected chi connectivity index (χ3v) is 8.27. The van der Waals surface area contributed by atoms with Gasteiger partial charge in [0.2, 0.25) is 11.8 Å². The van der Waals surface area contributed by atoms with Crippen LogP contribution >= 0.6 is 23.1 Å². The first-order chi connectivity index (χ1) is 19.4. The van der Waals surface area contributed by atoms with Crippen molar-refractivity contribution in [1.29, 1.82) is 0 Å². The molecule has 2 heterocycles. The molecule has 0 aromatic carbocycles. The number of carbonyl (C=O) groups excluding carboxylic acids is 5. The summed E-state index contributed by atoms with van der Waals surface area (Å²) in [6.45, 7) is 8.88. The zero-order valence-electron chi connectivity index (χ0n) is 24.7. The van der Waals surface area contributed by atoms with Gasteiger partial charge in [-0.25, -0.2) is 9.78 Å². The minimum absolute atomic E-state index is 0.108. The van der Waals surface area contributed by atoms with Gasteiger partial charge in [0.25, 0.3) is 5.91 Å². The van der Waals surface area contributed by atoms with Crippen LogP contribution in [0.2, 0.25) is 0 Å². The van der Waals surface area contributed by atoms with Crippen LogP contribution < -0.4 is 16.0 Å². The van der Waals surface area contributed by atoms with Gasteiger partial charge < -0.3 is 20.7 Å². The number of thiazole rings is 1. The number of ether oxygens (including phenoxy) is 1. The molecule has 0 saturated heterocycles. The number of unbranched alkanes of at least 4 members (excludes halogenated alkanes) is 4. The van der Waals surface area contributed by atoms with Crippen molar-refractivity contribution in [1.82, 2.24) is 20.9 Å². The van der Waals surface area contributed by atoms with E-state index in [0.717, 1.165) is 19.3 Å². The maximum atomic E-state index is 13.2. The molecule has 41 heavy (non-hydrogen) atoms. The maximum Gasteiger partial charge on any atom is 0.329 e. The maximum absolute atomic E-state index is 13.2. The Morgan fingerprint density at radius 1 is 1.20 bits per heavy atom. The van der Waals surface area contributed by atoms with Gasteiger partial charge in [0, 0.05) is 17.6 Å². The van der Waals surface area contributed by atoms with E-state index >= 15 is 0 Å². The predicted octanol–water partition coefficient (Wildman–Crippen LogP) is 4.29. The smallest absolute Gasteiger partial charge is 0.329 e. The van der Waals surface area contributed by atoms with Crippen LogP contribution in [0.1, 0.15) is 101 Å². The zero-order chi connectivity index (χ0) is 30.4. The van der Waals surface area contributed by atoms with Crippen LogP contribution in [0.3, 0.4) is 0 Å². The van der Waals surface area contributed by atoms with Crippen molar-refractivity contribution in [2.75, 3.05) is 5.75 Å². The van der Waals surface area contributed by atoms with Gasteiger partial charge in [0.1, 0.15) is 28.4 Å². The van der Waals surface area contributed by atoms with E-state index in [4.69, 9.17) is 4.74 Å². The van der Waals surface area contributed by atoms with Crippen LogP contribution in [0.4, 0.5) is 0 Å². The van der Waals surface area contributed by atoms with E-state index in [2.05, 4.69) is 27.9 Å². The van der Waals surface area contributed by atoms with E-state index in [1.165, 1.54) is 35.9 Å². The number of cyclic esters (lactones) is 1. The van der Waals surface area contributed by atoms with Gasteiger partial charge in [0.15, 0.2) is 5.12 Å². The quantitative estimate of drug-likeness (QED) is 0.192. The zero-order valence-corrected chi connectivity index (χ0v) is 26.4. The van der Waals surface area contributed by atoms with E-state index in [0.29, 0.717) is 23.6 Å². The highest BCUT2D eigenvalue weighted by molar-refractivity contribution is 8.13. The summed E-state index contributed by atoms with van der Waals surface area (Å²) in [5.74, 6) is -1.86. The van der Waals surface area contributed by atoms with E-state index in [1.54, 1.807) is 45.2 Å². The second kappa shape index (κ2) is 17.3. The molecule has 0 radical (unpaired) electrons. The number of fused-ring (bicyclic) bond motifs is 2. The number of aromatic nitrogens is 1. The van der Waals surface area contributed by atoms with Crippen molar-refractivity contribution in [3.05, 3.63) is 28.2 Å². The Kier molecular flexibility index (Phi) is 14.5. The van der Waals surface area contributed by atoms with E-state index < -0.39 is 35.5 Å². The lowest BCUT2D eigenvalue weighted by Gasteiger charge is -2.29. The second-order valence-electron chi connectivity index (χ2n) is 11.0. The second-order valence-corrected chi connectivity index (χ2v) is 13.1. The number of nitrogens with one attached hydrogen (secondary N) is 3. The number of thioether (sulfide) groups is 1. The number of carbonyl (C=O) groups is 5. The summed E-state index contributed by atoms with van der Waals surface area (Å²) in [4.78, 5) is 68.1. The Morgan fingerprint density at radius 2 is 1.93 bits per heavy atom. The summed E-state index contributed by atoms with van der Waals surface area (Å²) in [6.07, 6.45) is 9.11. The fourth-order valence-corrected chi connectivity index (χ4v) is 5.44. The minimum atomic E-state index is -1.33. The van der Waals surface area contributed by atoms with Gasteiger partial charge in [-0.05, 0) is 38.7 Å². The highest BCUT2D eigenvalue weighted by Gasteiger charge is 2.36. The van der Waals surface area contributed by atoms with Crippen LogP contribution in [0.15, 0.2) is 17.5 Å². The summed E-state index contributed by atoms with van der Waals surface area (Å²) >= 11 is 2.51. The molecule has 228 valence electrons. The normalized spacial score (nSPS) is 20.4. The van der Waals surface area contributed by atoms with Crippen molar-refractivity contribution in [3.63, 3.8) is 0 Å². The molecule has 0 spiro atoms. The Hall–Kier alpha value is -2.73. The summed E-state index contributed by atoms with van der Waals surface area (Å²) in [7, 11) is 0. The summed E-state index contributed by atoms with van der Waals surface area (Å²) < 4.78 is 5.70. The molecular weight excluding hydrogens is 564 g/mol. The van der Waals surface area contributed by atoms with Crippen LogP contribution in [0, 0.1) is 5.92 Å². The lowest BCUT2D eigenvalue weighted by molar-refractivity contribution is -0.153. The molecule has 0 saturated carbocycles. The molecule has 3 amide bonds. The molecule has 1 aliphatic heterocycles. The first kappa shape index (κ1) is 34.5. The monoisotopic (exact) mass is 608 g/mol. The van der Waals surface area contributed by atoms with Crippen LogP contribution in [-0.2, 0) is 30.5 Å². The van der Waals surface area contributed by atoms with Gasteiger partial charge in [0.05, 0.1) is 13.0 Å². The third kappa shape index (κ3) is 12.4. The van der Waals surface area contributed by atoms with Crippen molar-refractivity contribution in [2.24, 2.45) is 5.92 Å². The fraction of sp³-hybridized carbons (Fsp3) is 0.655. The van der Waals surface area contributed by atoms with Crippen molar-refractivity contribution in [3.8, 4) is 0 Å². The number of esters is 1. The van der Waals surface area contributed by atoms with Crippen molar-refractivity contribution >= 4 is 51.9 Å². The Bertz CT molecular complexity index is 1090.